The number of aromatic nitrogens is 2. The van der Waals surface area contributed by atoms with Gasteiger partial charge in [0.25, 0.3) is 11.8 Å². The van der Waals surface area contributed by atoms with E-state index in [-0.39, 0.29) is 11.8 Å². The lowest BCUT2D eigenvalue weighted by Crippen LogP contribution is -2.24. The minimum Gasteiger partial charge on any atom is -0.494 e. The third kappa shape index (κ3) is 1.81. The molecule has 0 spiro atoms. The van der Waals surface area contributed by atoms with Crippen LogP contribution in [0.5, 0.6) is 5.75 Å². The molecule has 0 saturated heterocycles. The molecule has 0 fully saturated rings. The second kappa shape index (κ2) is 5.55. The van der Waals surface area contributed by atoms with Crippen molar-refractivity contribution in [2.45, 2.75) is 0 Å². The summed E-state index contributed by atoms with van der Waals surface area (Å²) in [4.78, 5) is 27.6. The number of fused-ring (bicyclic) bond motifs is 10. The van der Waals surface area contributed by atoms with E-state index in [0.717, 1.165) is 38.2 Å². The smallest absolute Gasteiger partial charge is 0.278 e. The highest BCUT2D eigenvalue weighted by molar-refractivity contribution is 6.35. The number of aryl methyl sites for hydroxylation is 1. The van der Waals surface area contributed by atoms with E-state index in [1.807, 2.05) is 58.5 Å². The number of hydrogen-bond donors (Lipinski definition) is 0. The molecule has 6 nitrogen and oxygen atoms in total. The van der Waals surface area contributed by atoms with Crippen LogP contribution >= 0.6 is 11.6 Å². The Kier molecular flexibility index (Phi) is 3.21. The predicted molar refractivity (Wildman–Crippen MR) is 117 cm³/mol. The van der Waals surface area contributed by atoms with Crippen molar-refractivity contribution in [3.63, 3.8) is 0 Å². The fourth-order valence-corrected chi connectivity index (χ4v) is 5.04. The van der Waals surface area contributed by atoms with Crippen LogP contribution in [-0.4, -0.2) is 39.8 Å². The van der Waals surface area contributed by atoms with E-state index in [0.29, 0.717) is 22.0 Å². The first-order valence-electron chi connectivity index (χ1n) is 9.48. The van der Waals surface area contributed by atoms with E-state index in [9.17, 15) is 9.59 Å². The monoisotopic (exact) mass is 417 g/mol. The van der Waals surface area contributed by atoms with Crippen LogP contribution in [-0.2, 0) is 7.05 Å². The predicted octanol–water partition coefficient (Wildman–Crippen LogP) is 4.63. The Bertz CT molecular complexity index is 1610. The van der Waals surface area contributed by atoms with Crippen LogP contribution < -0.4 is 4.74 Å². The van der Waals surface area contributed by atoms with Crippen molar-refractivity contribution in [2.75, 3.05) is 14.2 Å². The summed E-state index contributed by atoms with van der Waals surface area (Å²) in [6, 6.07) is 13.3. The Labute approximate surface area is 175 Å². The average Bonchev–Trinajstić information content (AvgIpc) is 3.30. The maximum atomic E-state index is 13.2. The van der Waals surface area contributed by atoms with Gasteiger partial charge in [0, 0.05) is 40.8 Å². The minimum atomic E-state index is -0.329. The molecule has 0 saturated carbocycles. The molecule has 4 heterocycles. The van der Waals surface area contributed by atoms with E-state index in [1.54, 1.807) is 7.11 Å². The van der Waals surface area contributed by atoms with Crippen molar-refractivity contribution in [2.24, 2.45) is 7.05 Å². The lowest BCUT2D eigenvalue weighted by molar-refractivity contribution is 0.0691. The molecule has 5 aromatic rings. The SMILES string of the molecule is COc1c2ccccc2n2c3c(c4c5cc(Cl)ccc5n(C)c4c12)C(=O)N(C)C3=O. The first-order chi connectivity index (χ1) is 14.5. The van der Waals surface area contributed by atoms with Gasteiger partial charge in [-0.05, 0) is 30.3 Å². The Hall–Kier alpha value is -3.51. The third-order valence-electron chi connectivity index (χ3n) is 6.15. The zero-order valence-corrected chi connectivity index (χ0v) is 17.2. The number of para-hydroxylation sites is 1. The normalized spacial score (nSPS) is 14.1. The molecule has 1 aliphatic rings. The van der Waals surface area contributed by atoms with E-state index in [2.05, 4.69) is 0 Å². The van der Waals surface area contributed by atoms with Crippen LogP contribution in [0.2, 0.25) is 5.02 Å². The van der Waals surface area contributed by atoms with E-state index < -0.39 is 0 Å². The Morgan fingerprint density at radius 2 is 1.67 bits per heavy atom. The molecule has 6 rings (SSSR count). The largest absolute Gasteiger partial charge is 0.494 e. The Morgan fingerprint density at radius 3 is 2.43 bits per heavy atom. The minimum absolute atomic E-state index is 0.314. The lowest BCUT2D eigenvalue weighted by Gasteiger charge is -2.09. The number of ether oxygens (including phenoxy) is 1. The van der Waals surface area contributed by atoms with Crippen LogP contribution in [0, 0.1) is 0 Å². The summed E-state index contributed by atoms with van der Waals surface area (Å²) >= 11 is 6.31. The maximum absolute atomic E-state index is 13.2. The van der Waals surface area contributed by atoms with Gasteiger partial charge < -0.3 is 9.30 Å². The highest BCUT2D eigenvalue weighted by atomic mass is 35.5. The van der Waals surface area contributed by atoms with Gasteiger partial charge in [0.15, 0.2) is 5.75 Å². The third-order valence-corrected chi connectivity index (χ3v) is 6.39. The van der Waals surface area contributed by atoms with Gasteiger partial charge in [-0.2, -0.15) is 0 Å². The molecule has 7 heteroatoms. The Morgan fingerprint density at radius 1 is 0.900 bits per heavy atom. The van der Waals surface area contributed by atoms with Crippen molar-refractivity contribution in [3.05, 3.63) is 58.7 Å². The number of carbonyl (C=O) groups is 2. The number of imide groups is 1. The molecule has 2 amide bonds. The molecule has 3 aromatic heterocycles. The molecular weight excluding hydrogens is 402 g/mol. The second-order valence-corrected chi connectivity index (χ2v) is 8.01. The van der Waals surface area contributed by atoms with Crippen molar-refractivity contribution in [1.82, 2.24) is 13.9 Å². The molecule has 2 aromatic carbocycles. The topological polar surface area (TPSA) is 56.0 Å². The zero-order valence-electron chi connectivity index (χ0n) is 16.5. The number of amides is 2. The van der Waals surface area contributed by atoms with Gasteiger partial charge in [-0.3, -0.25) is 18.9 Å². The zero-order chi connectivity index (χ0) is 20.9. The standard InChI is InChI=1S/C23H16ClN3O3/c1-25-14-9-8-11(24)10-13(14)16-17-19(23(29)26(2)22(17)28)27-15-7-5-4-6-12(15)21(30-3)20(27)18(16)25/h4-10H,1-3H3. The van der Waals surface area contributed by atoms with Gasteiger partial charge >= 0.3 is 0 Å². The van der Waals surface area contributed by atoms with Gasteiger partial charge in [0.05, 0.1) is 23.7 Å². The van der Waals surface area contributed by atoms with E-state index in [1.165, 1.54) is 11.9 Å². The number of methoxy groups -OCH3 is 1. The molecule has 0 bridgehead atoms. The van der Waals surface area contributed by atoms with Gasteiger partial charge in [-0.1, -0.05) is 23.7 Å². The number of carbonyl (C=O) groups excluding carboxylic acids is 2. The van der Waals surface area contributed by atoms with Crippen LogP contribution in [0.1, 0.15) is 20.8 Å². The van der Waals surface area contributed by atoms with Gasteiger partial charge in [-0.25, -0.2) is 0 Å². The molecule has 0 aliphatic carbocycles. The van der Waals surface area contributed by atoms with Crippen molar-refractivity contribution >= 4 is 61.6 Å². The summed E-state index contributed by atoms with van der Waals surface area (Å²) < 4.78 is 9.75. The molecule has 30 heavy (non-hydrogen) atoms. The van der Waals surface area contributed by atoms with E-state index >= 15 is 0 Å². The van der Waals surface area contributed by atoms with Gasteiger partial charge in [0.1, 0.15) is 11.2 Å². The number of rotatable bonds is 1. The molecule has 0 N–H and O–H groups in total. The number of hydrogen-bond acceptors (Lipinski definition) is 3. The van der Waals surface area contributed by atoms with E-state index in [4.69, 9.17) is 16.3 Å². The van der Waals surface area contributed by atoms with Crippen LogP contribution in [0.25, 0.3) is 38.2 Å². The number of benzene rings is 2. The summed E-state index contributed by atoms with van der Waals surface area (Å²) in [6.45, 7) is 0. The first kappa shape index (κ1) is 17.4. The quantitative estimate of drug-likeness (QED) is 0.374. The molecule has 148 valence electrons. The van der Waals surface area contributed by atoms with Crippen LogP contribution in [0.15, 0.2) is 42.5 Å². The molecule has 0 unspecified atom stereocenters. The molecule has 0 radical (unpaired) electrons. The Balaban J connectivity index is 2.06. The fourth-order valence-electron chi connectivity index (χ4n) is 4.87. The number of pyridine rings is 1. The lowest BCUT2D eigenvalue weighted by atomic mass is 10.1. The maximum Gasteiger partial charge on any atom is 0.278 e. The van der Waals surface area contributed by atoms with Crippen LogP contribution in [0.4, 0.5) is 0 Å². The van der Waals surface area contributed by atoms with Gasteiger partial charge in [0.2, 0.25) is 0 Å². The van der Waals surface area contributed by atoms with Crippen LogP contribution in [0.3, 0.4) is 0 Å². The summed E-state index contributed by atoms with van der Waals surface area (Å²) in [6.07, 6.45) is 0. The van der Waals surface area contributed by atoms with Crippen molar-refractivity contribution in [3.8, 4) is 5.75 Å². The summed E-state index contributed by atoms with van der Waals surface area (Å²) in [5, 5.41) is 3.01. The number of nitrogens with zero attached hydrogens (tertiary/aromatic N) is 3. The van der Waals surface area contributed by atoms with Crippen molar-refractivity contribution < 1.29 is 14.3 Å². The number of halogens is 1. The molecular formula is C23H16ClN3O3. The fraction of sp³-hybridized carbons (Fsp3) is 0.130. The second-order valence-electron chi connectivity index (χ2n) is 7.57. The molecule has 1 aliphatic heterocycles. The van der Waals surface area contributed by atoms with Gasteiger partial charge in [-0.15, -0.1) is 0 Å². The van der Waals surface area contributed by atoms with Crippen molar-refractivity contribution in [1.29, 1.82) is 0 Å². The molecule has 0 atom stereocenters. The average molecular weight is 418 g/mol. The summed E-state index contributed by atoms with van der Waals surface area (Å²) in [5.74, 6) is 0.0284. The highest BCUT2D eigenvalue weighted by Gasteiger charge is 2.40. The highest BCUT2D eigenvalue weighted by Crippen LogP contribution is 2.45. The summed E-state index contributed by atoms with van der Waals surface area (Å²) in [5.41, 5.74) is 4.10. The first-order valence-corrected chi connectivity index (χ1v) is 9.86. The summed E-state index contributed by atoms with van der Waals surface area (Å²) in [7, 11) is 5.09.